The molecule has 0 heterocycles. The number of benzene rings is 1. The molecule has 1 aliphatic carbocycles. The van der Waals surface area contributed by atoms with Crippen molar-refractivity contribution >= 4 is 43.2 Å². The van der Waals surface area contributed by atoms with E-state index in [0.29, 0.717) is 21.2 Å². The van der Waals surface area contributed by atoms with Crippen LogP contribution in [0.5, 0.6) is 0 Å². The lowest BCUT2D eigenvalue weighted by atomic mass is 10.0. The number of carbonyl (C=O) groups excluding carboxylic acids is 1. The third-order valence-corrected chi connectivity index (χ3v) is 3.87. The van der Waals surface area contributed by atoms with Crippen LogP contribution in [0.15, 0.2) is 26.7 Å². The Morgan fingerprint density at radius 1 is 1.12 bits per heavy atom. The number of fused-ring (bicyclic) bond motifs is 1. The first-order chi connectivity index (χ1) is 8.10. The molecule has 1 aromatic carbocycles. The zero-order valence-corrected chi connectivity index (χ0v) is 11.6. The highest BCUT2D eigenvalue weighted by molar-refractivity contribution is 9.11. The number of hydrogen-bond acceptors (Lipinski definition) is 3. The van der Waals surface area contributed by atoms with Crippen molar-refractivity contribution in [2.75, 3.05) is 0 Å². The van der Waals surface area contributed by atoms with Crippen LogP contribution in [-0.2, 0) is 0 Å². The van der Waals surface area contributed by atoms with E-state index in [-0.39, 0.29) is 17.8 Å². The number of nitriles is 2. The normalized spacial score (nSPS) is 12.9. The molecule has 0 N–H and O–H groups in total. The van der Waals surface area contributed by atoms with Crippen LogP contribution in [0.3, 0.4) is 0 Å². The minimum atomic E-state index is -0.0776. The fraction of sp³-hybridized carbons (Fsp3) is 0.0833. The standard InChI is InChI=1S/C12H4Br2N2O/c13-8-1-2-9(14)12-10(17)3-7(11(8)12)6(4-15)5-16/h1-2H,3H2. The SMILES string of the molecule is N#CC(C#N)=C1CC(=O)c2c(Br)ccc(Br)c21. The molecule has 0 unspecified atom stereocenters. The maximum Gasteiger partial charge on any atom is 0.169 e. The number of carbonyl (C=O) groups is 1. The Kier molecular flexibility index (Phi) is 3.15. The fourth-order valence-electron chi connectivity index (χ4n) is 1.83. The molecule has 0 amide bonds. The van der Waals surface area contributed by atoms with E-state index >= 15 is 0 Å². The van der Waals surface area contributed by atoms with Crippen LogP contribution in [0.4, 0.5) is 0 Å². The molecule has 0 saturated carbocycles. The zero-order valence-electron chi connectivity index (χ0n) is 8.42. The van der Waals surface area contributed by atoms with Crippen molar-refractivity contribution in [1.29, 1.82) is 10.5 Å². The van der Waals surface area contributed by atoms with Gasteiger partial charge in [0, 0.05) is 26.5 Å². The summed E-state index contributed by atoms with van der Waals surface area (Å²) in [5.41, 5.74) is 1.69. The molecule has 82 valence electrons. The molecule has 17 heavy (non-hydrogen) atoms. The molecule has 0 bridgehead atoms. The Hall–Kier alpha value is -1.43. The minimum Gasteiger partial charge on any atom is -0.294 e. The Morgan fingerprint density at radius 2 is 1.65 bits per heavy atom. The van der Waals surface area contributed by atoms with Crippen molar-refractivity contribution in [3.8, 4) is 12.1 Å². The summed E-state index contributed by atoms with van der Waals surface area (Å²) in [5.74, 6) is -0.0776. The van der Waals surface area contributed by atoms with Gasteiger partial charge in [-0.25, -0.2) is 0 Å². The molecule has 0 fully saturated rings. The highest BCUT2D eigenvalue weighted by Gasteiger charge is 2.30. The van der Waals surface area contributed by atoms with Crippen molar-refractivity contribution in [3.05, 3.63) is 37.8 Å². The number of hydrogen-bond donors (Lipinski definition) is 0. The molecular weight excluding hydrogens is 348 g/mol. The summed E-state index contributed by atoms with van der Waals surface area (Å²) >= 11 is 6.66. The van der Waals surface area contributed by atoms with Gasteiger partial charge in [0.05, 0.1) is 0 Å². The van der Waals surface area contributed by atoms with Crippen LogP contribution in [0.1, 0.15) is 22.3 Å². The van der Waals surface area contributed by atoms with Gasteiger partial charge in [0.2, 0.25) is 0 Å². The van der Waals surface area contributed by atoms with Gasteiger partial charge in [-0.1, -0.05) is 31.9 Å². The first-order valence-electron chi connectivity index (χ1n) is 4.65. The van der Waals surface area contributed by atoms with E-state index in [1.165, 1.54) is 0 Å². The van der Waals surface area contributed by atoms with Gasteiger partial charge in [-0.3, -0.25) is 4.79 Å². The number of allylic oxidation sites excluding steroid dienone is 2. The lowest BCUT2D eigenvalue weighted by Crippen LogP contribution is -1.92. The summed E-state index contributed by atoms with van der Waals surface area (Å²) in [5, 5.41) is 17.8. The minimum absolute atomic E-state index is 0.00380. The van der Waals surface area contributed by atoms with Gasteiger partial charge < -0.3 is 0 Å². The molecule has 5 heteroatoms. The van der Waals surface area contributed by atoms with Crippen LogP contribution in [0, 0.1) is 22.7 Å². The second-order valence-corrected chi connectivity index (χ2v) is 5.16. The van der Waals surface area contributed by atoms with E-state index in [1.54, 1.807) is 12.1 Å². The van der Waals surface area contributed by atoms with Crippen LogP contribution in [0.2, 0.25) is 0 Å². The second-order valence-electron chi connectivity index (χ2n) is 3.46. The van der Waals surface area contributed by atoms with E-state index in [0.717, 1.165) is 4.47 Å². The van der Waals surface area contributed by atoms with E-state index in [9.17, 15) is 4.79 Å². The number of halogens is 2. The van der Waals surface area contributed by atoms with Crippen molar-refractivity contribution in [2.24, 2.45) is 0 Å². The van der Waals surface area contributed by atoms with Crippen molar-refractivity contribution in [2.45, 2.75) is 6.42 Å². The molecule has 3 nitrogen and oxygen atoms in total. The molecule has 0 aromatic heterocycles. The van der Waals surface area contributed by atoms with Crippen LogP contribution in [-0.4, -0.2) is 5.78 Å². The summed E-state index contributed by atoms with van der Waals surface area (Å²) < 4.78 is 1.41. The quantitative estimate of drug-likeness (QED) is 0.671. The summed E-state index contributed by atoms with van der Waals surface area (Å²) in [6.45, 7) is 0. The summed E-state index contributed by atoms with van der Waals surface area (Å²) in [7, 11) is 0. The Labute approximate surface area is 115 Å². The monoisotopic (exact) mass is 350 g/mol. The second kappa shape index (κ2) is 4.44. The van der Waals surface area contributed by atoms with E-state index in [4.69, 9.17) is 10.5 Å². The number of rotatable bonds is 0. The van der Waals surface area contributed by atoms with Crippen LogP contribution < -0.4 is 0 Å². The van der Waals surface area contributed by atoms with Crippen molar-refractivity contribution in [3.63, 3.8) is 0 Å². The van der Waals surface area contributed by atoms with Gasteiger partial charge >= 0.3 is 0 Å². The van der Waals surface area contributed by atoms with Crippen molar-refractivity contribution in [1.82, 2.24) is 0 Å². The molecule has 0 radical (unpaired) electrons. The first kappa shape index (κ1) is 12.0. The van der Waals surface area contributed by atoms with Gasteiger partial charge in [-0.15, -0.1) is 0 Å². The van der Waals surface area contributed by atoms with E-state index in [2.05, 4.69) is 31.9 Å². The smallest absolute Gasteiger partial charge is 0.169 e. The predicted molar refractivity (Wildman–Crippen MR) is 68.9 cm³/mol. The van der Waals surface area contributed by atoms with Gasteiger partial charge in [0.1, 0.15) is 17.7 Å². The molecule has 0 atom stereocenters. The van der Waals surface area contributed by atoms with E-state index in [1.807, 2.05) is 12.1 Å². The Bertz CT molecular complexity index is 632. The number of ketones is 1. The maximum atomic E-state index is 11.9. The fourth-order valence-corrected chi connectivity index (χ4v) is 2.95. The molecular formula is C12H4Br2N2O. The topological polar surface area (TPSA) is 64.7 Å². The van der Waals surface area contributed by atoms with E-state index < -0.39 is 0 Å². The molecule has 0 saturated heterocycles. The lowest BCUT2D eigenvalue weighted by molar-refractivity contribution is 0.100. The van der Waals surface area contributed by atoms with Gasteiger partial charge in [-0.2, -0.15) is 10.5 Å². The van der Waals surface area contributed by atoms with Gasteiger partial charge in [-0.05, 0) is 17.7 Å². The lowest BCUT2D eigenvalue weighted by Gasteiger charge is -2.04. The zero-order chi connectivity index (χ0) is 12.6. The number of nitrogens with zero attached hydrogens (tertiary/aromatic N) is 2. The van der Waals surface area contributed by atoms with Gasteiger partial charge in [0.15, 0.2) is 5.78 Å². The highest BCUT2D eigenvalue weighted by atomic mass is 79.9. The predicted octanol–water partition coefficient (Wildman–Crippen LogP) is 3.60. The third-order valence-electron chi connectivity index (χ3n) is 2.55. The summed E-state index contributed by atoms with van der Waals surface area (Å²) in [4.78, 5) is 11.9. The third kappa shape index (κ3) is 1.82. The average molecular weight is 352 g/mol. The Balaban J connectivity index is 2.86. The number of Topliss-reactive ketones (excluding diaryl/α,β-unsaturated/α-hetero) is 1. The molecule has 1 aliphatic rings. The summed E-state index contributed by atoms with van der Waals surface area (Å²) in [6.07, 6.45) is 0.104. The Morgan fingerprint density at radius 3 is 2.18 bits per heavy atom. The first-order valence-corrected chi connectivity index (χ1v) is 6.23. The van der Waals surface area contributed by atoms with Gasteiger partial charge in [0.25, 0.3) is 0 Å². The molecule has 1 aromatic rings. The maximum absolute atomic E-state index is 11.9. The van der Waals surface area contributed by atoms with Crippen LogP contribution >= 0.6 is 31.9 Å². The van der Waals surface area contributed by atoms with Crippen LogP contribution in [0.25, 0.3) is 5.57 Å². The van der Waals surface area contributed by atoms with Crippen molar-refractivity contribution < 1.29 is 4.79 Å². The summed E-state index contributed by atoms with van der Waals surface area (Å²) in [6, 6.07) is 7.22. The largest absolute Gasteiger partial charge is 0.294 e. The molecule has 0 spiro atoms. The average Bonchev–Trinajstić information content (AvgIpc) is 2.65. The highest BCUT2D eigenvalue weighted by Crippen LogP contribution is 2.42. The molecule has 2 rings (SSSR count). The molecule has 0 aliphatic heterocycles.